The van der Waals surface area contributed by atoms with Crippen LogP contribution in [0.1, 0.15) is 30.2 Å². The second-order valence-corrected chi connectivity index (χ2v) is 11.5. The molecule has 4 rings (SSSR count). The number of hydrogen-bond acceptors (Lipinski definition) is 5. The molecule has 2 aromatic heterocycles. The van der Waals surface area contributed by atoms with Gasteiger partial charge in [-0.2, -0.15) is 0 Å². The monoisotopic (exact) mass is 514 g/mol. The minimum atomic E-state index is -2.98. The summed E-state index contributed by atoms with van der Waals surface area (Å²) >= 11 is 7.55. The fraction of sp³-hybridized carbons (Fsp3) is 0.280. The number of fused-ring (bicyclic) bond motifs is 1. The number of anilines is 1. The summed E-state index contributed by atoms with van der Waals surface area (Å²) in [6.45, 7) is 6.23. The number of benzene rings is 1. The number of amidine groups is 1. The topological polar surface area (TPSA) is 67.0 Å². The van der Waals surface area contributed by atoms with Crippen molar-refractivity contribution in [3.8, 4) is 0 Å². The number of allylic oxidation sites excluding steroid dienone is 1. The molecular weight excluding hydrogens is 488 g/mol. The Morgan fingerprint density at radius 3 is 2.62 bits per heavy atom. The highest BCUT2D eigenvalue weighted by atomic mass is 35.5. The van der Waals surface area contributed by atoms with E-state index < -0.39 is 9.84 Å². The molecule has 0 saturated heterocycles. The number of sulfone groups is 1. The fourth-order valence-corrected chi connectivity index (χ4v) is 5.81. The van der Waals surface area contributed by atoms with Gasteiger partial charge in [0.15, 0.2) is 15.0 Å². The van der Waals surface area contributed by atoms with E-state index in [-0.39, 0.29) is 11.5 Å². The van der Waals surface area contributed by atoms with E-state index >= 15 is 0 Å². The van der Waals surface area contributed by atoms with E-state index in [2.05, 4.69) is 17.9 Å². The zero-order valence-corrected chi connectivity index (χ0v) is 21.8. The maximum Gasteiger partial charge on any atom is 0.169 e. The normalized spacial score (nSPS) is 15.9. The van der Waals surface area contributed by atoms with Crippen molar-refractivity contribution in [1.29, 1.82) is 0 Å². The second-order valence-electron chi connectivity index (χ2n) is 8.09. The van der Waals surface area contributed by atoms with Gasteiger partial charge in [-0.1, -0.05) is 55.1 Å². The van der Waals surface area contributed by atoms with Crippen molar-refractivity contribution in [3.63, 3.8) is 0 Å². The molecule has 34 heavy (non-hydrogen) atoms. The standard InChI is InChI=1S/C25H27ClN4O2S2/c1-5-22-24(29(3)25(33-4)27-17(2)18-6-9-21(26)10-7-18)30-16-20(8-11-23(30)28-22)19-12-14-34(31,32)15-13-19/h6-12,16H,2,5,13-15H2,1,3-4H3. The Labute approximate surface area is 210 Å². The SMILES string of the molecule is C=C(N=C(SC)N(C)c1c(CC)nc2ccc(C3=CCS(=O)(=O)CC3)cn12)c1ccc(Cl)cc1. The highest BCUT2D eigenvalue weighted by Crippen LogP contribution is 2.30. The van der Waals surface area contributed by atoms with Crippen molar-refractivity contribution >= 4 is 61.1 Å². The molecule has 0 aliphatic carbocycles. The Morgan fingerprint density at radius 2 is 2.00 bits per heavy atom. The summed E-state index contributed by atoms with van der Waals surface area (Å²) < 4.78 is 25.8. The van der Waals surface area contributed by atoms with Gasteiger partial charge in [0.2, 0.25) is 0 Å². The van der Waals surface area contributed by atoms with Crippen LogP contribution in [-0.2, 0) is 16.3 Å². The van der Waals surface area contributed by atoms with Gasteiger partial charge in [-0.25, -0.2) is 18.4 Å². The highest BCUT2D eigenvalue weighted by Gasteiger charge is 2.21. The number of imidazole rings is 1. The van der Waals surface area contributed by atoms with Crippen LogP contribution in [0.3, 0.4) is 0 Å². The predicted molar refractivity (Wildman–Crippen MR) is 146 cm³/mol. The van der Waals surface area contributed by atoms with Gasteiger partial charge in [-0.05, 0) is 60.1 Å². The Kier molecular flexibility index (Phi) is 7.21. The summed E-state index contributed by atoms with van der Waals surface area (Å²) in [5, 5.41) is 1.45. The van der Waals surface area contributed by atoms with Crippen LogP contribution in [0.25, 0.3) is 16.9 Å². The van der Waals surface area contributed by atoms with E-state index in [0.717, 1.165) is 45.4 Å². The molecule has 0 N–H and O–H groups in total. The van der Waals surface area contributed by atoms with Gasteiger partial charge in [-0.15, -0.1) is 0 Å². The first-order chi connectivity index (χ1) is 16.2. The van der Waals surface area contributed by atoms with Gasteiger partial charge in [-0.3, -0.25) is 4.40 Å². The second kappa shape index (κ2) is 9.98. The average molecular weight is 515 g/mol. The molecule has 9 heteroatoms. The molecule has 1 aromatic carbocycles. The van der Waals surface area contributed by atoms with E-state index in [9.17, 15) is 8.42 Å². The minimum Gasteiger partial charge on any atom is -0.308 e. The molecule has 0 fully saturated rings. The molecule has 0 saturated carbocycles. The van der Waals surface area contributed by atoms with E-state index in [1.54, 1.807) is 0 Å². The number of halogens is 1. The van der Waals surface area contributed by atoms with Crippen LogP contribution in [0.2, 0.25) is 5.02 Å². The molecule has 1 aliphatic rings. The van der Waals surface area contributed by atoms with Crippen LogP contribution in [0.5, 0.6) is 0 Å². The van der Waals surface area contributed by atoms with Gasteiger partial charge >= 0.3 is 0 Å². The number of aromatic nitrogens is 2. The molecule has 1 aliphatic heterocycles. The number of hydrogen-bond donors (Lipinski definition) is 0. The van der Waals surface area contributed by atoms with Gasteiger partial charge in [0, 0.05) is 18.3 Å². The largest absolute Gasteiger partial charge is 0.308 e. The summed E-state index contributed by atoms with van der Waals surface area (Å²) in [6.07, 6.45) is 7.14. The van der Waals surface area contributed by atoms with Gasteiger partial charge in [0.25, 0.3) is 0 Å². The van der Waals surface area contributed by atoms with Crippen molar-refractivity contribution in [1.82, 2.24) is 9.38 Å². The molecule has 0 spiro atoms. The minimum absolute atomic E-state index is 0.0906. The Bertz CT molecular complexity index is 1410. The number of pyridine rings is 1. The van der Waals surface area contributed by atoms with Gasteiger partial charge in [0.1, 0.15) is 11.5 Å². The number of rotatable bonds is 5. The molecule has 0 amide bonds. The lowest BCUT2D eigenvalue weighted by Gasteiger charge is -2.21. The third-order valence-electron chi connectivity index (χ3n) is 5.83. The smallest absolute Gasteiger partial charge is 0.169 e. The number of thioether (sulfide) groups is 1. The molecule has 6 nitrogen and oxygen atoms in total. The molecular formula is C25H27ClN4O2S2. The molecule has 3 heterocycles. The molecule has 0 bridgehead atoms. The lowest BCUT2D eigenvalue weighted by atomic mass is 10.1. The zero-order valence-electron chi connectivity index (χ0n) is 19.5. The van der Waals surface area contributed by atoms with Crippen LogP contribution in [0.15, 0.2) is 60.2 Å². The maximum atomic E-state index is 11.8. The first kappa shape index (κ1) is 24.6. The van der Waals surface area contributed by atoms with E-state index in [0.29, 0.717) is 17.1 Å². The molecule has 0 atom stereocenters. The molecule has 0 radical (unpaired) electrons. The number of aliphatic imine (C=N–C) groups is 1. The third kappa shape index (κ3) is 5.09. The molecule has 0 unspecified atom stereocenters. The van der Waals surface area contributed by atoms with E-state index in [1.165, 1.54) is 11.8 Å². The Balaban J connectivity index is 1.74. The van der Waals surface area contributed by atoms with Crippen molar-refractivity contribution in [3.05, 3.63) is 77.1 Å². The first-order valence-corrected chi connectivity index (χ1v) is 14.4. The lowest BCUT2D eigenvalue weighted by molar-refractivity contribution is 0.597. The highest BCUT2D eigenvalue weighted by molar-refractivity contribution is 8.13. The van der Waals surface area contributed by atoms with Crippen molar-refractivity contribution in [2.24, 2.45) is 4.99 Å². The Hall–Kier alpha value is -2.55. The summed E-state index contributed by atoms with van der Waals surface area (Å²) in [4.78, 5) is 11.7. The summed E-state index contributed by atoms with van der Waals surface area (Å²) in [6, 6.07) is 11.5. The van der Waals surface area contributed by atoms with Crippen molar-refractivity contribution in [2.75, 3.05) is 29.7 Å². The Morgan fingerprint density at radius 1 is 1.26 bits per heavy atom. The zero-order chi connectivity index (χ0) is 24.5. The van der Waals surface area contributed by atoms with Crippen LogP contribution < -0.4 is 4.90 Å². The van der Waals surface area contributed by atoms with E-state index in [1.807, 2.05) is 66.9 Å². The lowest BCUT2D eigenvalue weighted by Crippen LogP contribution is -2.26. The van der Waals surface area contributed by atoms with Gasteiger partial charge < -0.3 is 4.90 Å². The molecule has 178 valence electrons. The fourth-order valence-electron chi connectivity index (χ4n) is 3.97. The first-order valence-electron chi connectivity index (χ1n) is 10.9. The van der Waals surface area contributed by atoms with Crippen molar-refractivity contribution < 1.29 is 8.42 Å². The van der Waals surface area contributed by atoms with Crippen LogP contribution >= 0.6 is 23.4 Å². The summed E-state index contributed by atoms with van der Waals surface area (Å²) in [7, 11) is -0.999. The molecule has 3 aromatic rings. The maximum absolute atomic E-state index is 11.8. The quantitative estimate of drug-likeness (QED) is 0.328. The predicted octanol–water partition coefficient (Wildman–Crippen LogP) is 5.58. The summed E-state index contributed by atoms with van der Waals surface area (Å²) in [5.74, 6) is 1.21. The number of aryl methyl sites for hydroxylation is 1. The van der Waals surface area contributed by atoms with Crippen LogP contribution in [0.4, 0.5) is 5.82 Å². The van der Waals surface area contributed by atoms with Crippen LogP contribution in [0, 0.1) is 0 Å². The third-order valence-corrected chi connectivity index (χ3v) is 8.31. The number of nitrogens with zero attached hydrogens (tertiary/aromatic N) is 4. The van der Waals surface area contributed by atoms with Crippen molar-refractivity contribution in [2.45, 2.75) is 19.8 Å². The average Bonchev–Trinajstić information content (AvgIpc) is 3.20. The summed E-state index contributed by atoms with van der Waals surface area (Å²) in [5.41, 5.74) is 5.40. The van der Waals surface area contributed by atoms with Gasteiger partial charge in [0.05, 0.1) is 22.9 Å². The van der Waals surface area contributed by atoms with E-state index in [4.69, 9.17) is 21.6 Å². The van der Waals surface area contributed by atoms with Crippen LogP contribution in [-0.4, -0.2) is 47.8 Å².